The number of thiazole rings is 1. The number of aromatic nitrogens is 1. The molecule has 2 aromatic rings. The largest absolute Gasteiger partial charge is 0.230 e. The van der Waals surface area contributed by atoms with Crippen LogP contribution in [0.2, 0.25) is 0 Å². The second-order valence-electron chi connectivity index (χ2n) is 2.80. The molecule has 0 amide bonds. The Morgan fingerprint density at radius 2 is 2.27 bits per heavy atom. The van der Waals surface area contributed by atoms with Crippen molar-refractivity contribution in [1.82, 2.24) is 4.98 Å². The molecule has 1 nitrogen and oxygen atoms in total. The third-order valence-electron chi connectivity index (χ3n) is 1.53. The van der Waals surface area contributed by atoms with Gasteiger partial charge in [0.05, 0.1) is 9.71 Å². The molecule has 0 bridgehead atoms. The molecule has 2 heterocycles. The molecule has 0 spiro atoms. The van der Waals surface area contributed by atoms with Crippen molar-refractivity contribution in [3.8, 4) is 0 Å². The lowest BCUT2D eigenvalue weighted by Crippen LogP contribution is -1.82. The van der Waals surface area contributed by atoms with E-state index in [2.05, 4.69) is 30.3 Å². The summed E-state index contributed by atoms with van der Waals surface area (Å²) < 4.78 is 1.33. The summed E-state index contributed by atoms with van der Waals surface area (Å²) in [6.45, 7) is 4.37. The van der Waals surface area contributed by atoms with Crippen LogP contribution in [-0.4, -0.2) is 4.98 Å². The molecule has 0 saturated heterocycles. The van der Waals surface area contributed by atoms with Gasteiger partial charge in [0.1, 0.15) is 4.83 Å². The van der Waals surface area contributed by atoms with Crippen molar-refractivity contribution in [3.63, 3.8) is 0 Å². The Morgan fingerprint density at radius 1 is 1.45 bits per heavy atom. The van der Waals surface area contributed by atoms with Crippen molar-refractivity contribution in [1.29, 1.82) is 0 Å². The highest BCUT2D eigenvalue weighted by atomic mass is 32.1. The Bertz CT molecular complexity index is 330. The van der Waals surface area contributed by atoms with Crippen LogP contribution in [0.25, 0.3) is 9.53 Å². The summed E-state index contributed by atoms with van der Waals surface area (Å²) in [6, 6.07) is 2.14. The van der Waals surface area contributed by atoms with Crippen molar-refractivity contribution >= 4 is 32.2 Å². The Hall–Kier alpha value is -0.410. The van der Waals surface area contributed by atoms with Gasteiger partial charge in [-0.05, 0) is 11.4 Å². The Labute approximate surface area is 73.7 Å². The van der Waals surface area contributed by atoms with E-state index in [1.165, 1.54) is 14.5 Å². The molecule has 3 heteroatoms. The molecule has 58 valence electrons. The van der Waals surface area contributed by atoms with E-state index >= 15 is 0 Å². The first kappa shape index (κ1) is 7.25. The summed E-state index contributed by atoms with van der Waals surface area (Å²) >= 11 is 3.54. The average molecular weight is 183 g/mol. The van der Waals surface area contributed by atoms with Crippen LogP contribution in [0.1, 0.15) is 24.8 Å². The maximum Gasteiger partial charge on any atom is 0.134 e. The number of fused-ring (bicyclic) bond motifs is 1. The fourth-order valence-corrected chi connectivity index (χ4v) is 2.88. The third-order valence-corrected chi connectivity index (χ3v) is 3.79. The summed E-state index contributed by atoms with van der Waals surface area (Å²) in [4.78, 5) is 5.70. The smallest absolute Gasteiger partial charge is 0.134 e. The zero-order valence-electron chi connectivity index (χ0n) is 6.50. The van der Waals surface area contributed by atoms with E-state index in [1.807, 2.05) is 11.3 Å². The third kappa shape index (κ3) is 1.19. The maximum atomic E-state index is 4.51. The topological polar surface area (TPSA) is 12.9 Å². The maximum absolute atomic E-state index is 4.51. The zero-order valence-corrected chi connectivity index (χ0v) is 8.13. The predicted molar refractivity (Wildman–Crippen MR) is 51.6 cm³/mol. The van der Waals surface area contributed by atoms with Crippen LogP contribution in [0.4, 0.5) is 0 Å². The van der Waals surface area contributed by atoms with Gasteiger partial charge in [-0.15, -0.1) is 22.7 Å². The number of rotatable bonds is 1. The van der Waals surface area contributed by atoms with Crippen molar-refractivity contribution in [3.05, 3.63) is 16.5 Å². The van der Waals surface area contributed by atoms with Crippen molar-refractivity contribution in [2.24, 2.45) is 0 Å². The fourth-order valence-electron chi connectivity index (χ4n) is 0.931. The highest BCUT2D eigenvalue weighted by Crippen LogP contribution is 2.30. The first-order chi connectivity index (χ1) is 5.27. The summed E-state index contributed by atoms with van der Waals surface area (Å²) in [5.41, 5.74) is 0. The van der Waals surface area contributed by atoms with Gasteiger partial charge in [0.15, 0.2) is 0 Å². The van der Waals surface area contributed by atoms with Crippen LogP contribution in [0.3, 0.4) is 0 Å². The highest BCUT2D eigenvalue weighted by molar-refractivity contribution is 7.26. The normalized spacial score (nSPS) is 11.5. The first-order valence-electron chi connectivity index (χ1n) is 3.61. The number of hydrogen-bond acceptors (Lipinski definition) is 3. The van der Waals surface area contributed by atoms with Gasteiger partial charge < -0.3 is 0 Å². The number of hydrogen-bond donors (Lipinski definition) is 0. The van der Waals surface area contributed by atoms with Gasteiger partial charge in [-0.25, -0.2) is 4.98 Å². The highest BCUT2D eigenvalue weighted by Gasteiger charge is 2.06. The average Bonchev–Trinajstić information content (AvgIpc) is 2.40. The van der Waals surface area contributed by atoms with E-state index < -0.39 is 0 Å². The van der Waals surface area contributed by atoms with Gasteiger partial charge in [0.25, 0.3) is 0 Å². The summed E-state index contributed by atoms with van der Waals surface area (Å²) in [6.07, 6.45) is 0. The SMILES string of the molecule is CC(C)c1nc2sccc2s1. The molecule has 0 atom stereocenters. The summed E-state index contributed by atoms with van der Waals surface area (Å²) in [5, 5.41) is 3.35. The van der Waals surface area contributed by atoms with E-state index in [9.17, 15) is 0 Å². The lowest BCUT2D eigenvalue weighted by molar-refractivity contribution is 0.857. The predicted octanol–water partition coefficient (Wildman–Crippen LogP) is 3.48. The van der Waals surface area contributed by atoms with E-state index in [0.717, 1.165) is 0 Å². The van der Waals surface area contributed by atoms with Crippen molar-refractivity contribution < 1.29 is 0 Å². The molecule has 0 unspecified atom stereocenters. The number of nitrogens with zero attached hydrogens (tertiary/aromatic N) is 1. The zero-order chi connectivity index (χ0) is 7.84. The van der Waals surface area contributed by atoms with Gasteiger partial charge in [-0.3, -0.25) is 0 Å². The minimum atomic E-state index is 0.569. The lowest BCUT2D eigenvalue weighted by atomic mass is 10.2. The van der Waals surface area contributed by atoms with E-state index in [4.69, 9.17) is 0 Å². The van der Waals surface area contributed by atoms with Crippen LogP contribution < -0.4 is 0 Å². The second-order valence-corrected chi connectivity index (χ2v) is 4.75. The van der Waals surface area contributed by atoms with Gasteiger partial charge >= 0.3 is 0 Å². The van der Waals surface area contributed by atoms with Gasteiger partial charge in [-0.2, -0.15) is 0 Å². The standard InChI is InChI=1S/C8H9NS2/c1-5(2)7-9-8-6(11-7)3-4-10-8/h3-5H,1-2H3. The molecule has 0 aliphatic heterocycles. The van der Waals surface area contributed by atoms with Gasteiger partial charge in [0.2, 0.25) is 0 Å². The Balaban J connectivity index is 2.58. The van der Waals surface area contributed by atoms with Crippen LogP contribution in [0.5, 0.6) is 0 Å². The summed E-state index contributed by atoms with van der Waals surface area (Å²) in [7, 11) is 0. The molecule has 11 heavy (non-hydrogen) atoms. The van der Waals surface area contributed by atoms with Crippen LogP contribution in [0, 0.1) is 0 Å². The summed E-state index contributed by atoms with van der Waals surface area (Å²) in [5.74, 6) is 0.569. The van der Waals surface area contributed by atoms with Gasteiger partial charge in [0, 0.05) is 5.92 Å². The molecule has 0 aliphatic carbocycles. The molecule has 0 aromatic carbocycles. The van der Waals surface area contributed by atoms with E-state index in [1.54, 1.807) is 11.3 Å². The fraction of sp³-hybridized carbons (Fsp3) is 0.375. The molecular weight excluding hydrogens is 174 g/mol. The minimum Gasteiger partial charge on any atom is -0.230 e. The lowest BCUT2D eigenvalue weighted by Gasteiger charge is -1.94. The monoisotopic (exact) mass is 183 g/mol. The van der Waals surface area contributed by atoms with Crippen LogP contribution >= 0.6 is 22.7 Å². The molecule has 2 aromatic heterocycles. The quantitative estimate of drug-likeness (QED) is 0.659. The molecular formula is C8H9NS2. The molecule has 0 radical (unpaired) electrons. The van der Waals surface area contributed by atoms with Crippen molar-refractivity contribution in [2.75, 3.05) is 0 Å². The molecule has 0 aliphatic rings. The first-order valence-corrected chi connectivity index (χ1v) is 5.31. The molecule has 0 saturated carbocycles. The molecule has 0 N–H and O–H groups in total. The van der Waals surface area contributed by atoms with E-state index in [-0.39, 0.29) is 0 Å². The van der Waals surface area contributed by atoms with Crippen LogP contribution in [-0.2, 0) is 0 Å². The van der Waals surface area contributed by atoms with Crippen molar-refractivity contribution in [2.45, 2.75) is 19.8 Å². The minimum absolute atomic E-state index is 0.569. The second kappa shape index (κ2) is 2.57. The van der Waals surface area contributed by atoms with E-state index in [0.29, 0.717) is 5.92 Å². The number of thiophene rings is 1. The molecule has 2 rings (SSSR count). The van der Waals surface area contributed by atoms with Crippen LogP contribution in [0.15, 0.2) is 11.4 Å². The van der Waals surface area contributed by atoms with Gasteiger partial charge in [-0.1, -0.05) is 13.8 Å². The Kier molecular flexibility index (Phi) is 1.69. The molecule has 0 fully saturated rings. The Morgan fingerprint density at radius 3 is 2.91 bits per heavy atom.